The highest BCUT2D eigenvalue weighted by atomic mass is 16.2. The molecule has 14 heavy (non-hydrogen) atoms. The van der Waals surface area contributed by atoms with Crippen LogP contribution in [0.1, 0.15) is 36.5 Å². The second-order valence-electron chi connectivity index (χ2n) is 3.51. The summed E-state index contributed by atoms with van der Waals surface area (Å²) >= 11 is 0. The Morgan fingerprint density at radius 3 is 2.93 bits per heavy atom. The van der Waals surface area contributed by atoms with E-state index >= 15 is 0 Å². The second kappa shape index (κ2) is 3.32. The first-order valence-corrected chi connectivity index (χ1v) is 4.87. The average Bonchev–Trinajstić information content (AvgIpc) is 2.49. The number of aromatic amines is 1. The molecule has 0 fully saturated rings. The van der Waals surface area contributed by atoms with Crippen molar-refractivity contribution in [3.8, 4) is 0 Å². The Hall–Kier alpha value is -1.52. The molecule has 0 aliphatic carbocycles. The molecule has 0 saturated heterocycles. The molecule has 2 rings (SSSR count). The number of fused-ring (bicyclic) bond motifs is 1. The van der Waals surface area contributed by atoms with Gasteiger partial charge in [-0.1, -0.05) is 13.3 Å². The fourth-order valence-electron chi connectivity index (χ4n) is 1.64. The highest BCUT2D eigenvalue weighted by Gasteiger charge is 2.25. The monoisotopic (exact) mass is 194 g/mol. The molecule has 0 bridgehead atoms. The summed E-state index contributed by atoms with van der Waals surface area (Å²) < 4.78 is 0. The Kier molecular flexibility index (Phi) is 2.15. The maximum atomic E-state index is 11.5. The Labute approximate surface area is 82.3 Å². The molecule has 1 unspecified atom stereocenters. The van der Waals surface area contributed by atoms with Crippen molar-refractivity contribution < 1.29 is 4.79 Å². The second-order valence-corrected chi connectivity index (χ2v) is 3.51. The molecule has 1 aromatic rings. The van der Waals surface area contributed by atoms with E-state index in [0.29, 0.717) is 5.69 Å². The van der Waals surface area contributed by atoms with E-state index in [-0.39, 0.29) is 12.1 Å². The maximum Gasteiger partial charge on any atom is 0.273 e. The molecule has 1 atom stereocenters. The molecule has 0 aromatic carbocycles. The summed E-state index contributed by atoms with van der Waals surface area (Å²) in [6.45, 7) is 4.00. The lowest BCUT2D eigenvalue weighted by atomic mass is 10.1. The van der Waals surface area contributed by atoms with Gasteiger partial charge in [0.2, 0.25) is 0 Å². The van der Waals surface area contributed by atoms with Gasteiger partial charge in [0.15, 0.2) is 0 Å². The molecule has 0 saturated carbocycles. The van der Waals surface area contributed by atoms with Gasteiger partial charge in [-0.2, -0.15) is 5.10 Å². The zero-order chi connectivity index (χ0) is 10.1. The zero-order valence-corrected chi connectivity index (χ0v) is 8.35. The van der Waals surface area contributed by atoms with E-state index in [1.54, 1.807) is 0 Å². The average molecular weight is 194 g/mol. The fraction of sp³-hybridized carbons (Fsp3) is 0.556. The molecule has 76 valence electrons. The van der Waals surface area contributed by atoms with Crippen LogP contribution in [-0.2, 0) is 6.42 Å². The van der Waals surface area contributed by atoms with Crippen LogP contribution >= 0.6 is 0 Å². The Morgan fingerprint density at radius 2 is 2.21 bits per heavy atom. The van der Waals surface area contributed by atoms with Gasteiger partial charge < -0.3 is 10.6 Å². The van der Waals surface area contributed by atoms with E-state index in [2.05, 4.69) is 27.8 Å². The number of hydrogen-bond donors (Lipinski definition) is 3. The maximum absolute atomic E-state index is 11.5. The van der Waals surface area contributed by atoms with Gasteiger partial charge in [-0.05, 0) is 13.3 Å². The molecule has 0 spiro atoms. The molecule has 3 N–H and O–H groups in total. The minimum atomic E-state index is -0.0823. The topological polar surface area (TPSA) is 69.8 Å². The molecule has 5 heteroatoms. The van der Waals surface area contributed by atoms with Crippen LogP contribution in [0.3, 0.4) is 0 Å². The van der Waals surface area contributed by atoms with E-state index in [0.717, 1.165) is 24.2 Å². The van der Waals surface area contributed by atoms with Crippen molar-refractivity contribution in [2.45, 2.75) is 32.9 Å². The summed E-state index contributed by atoms with van der Waals surface area (Å²) in [6, 6.07) is 0. The number of anilines is 1. The molecule has 2 heterocycles. The van der Waals surface area contributed by atoms with Crippen LogP contribution < -0.4 is 10.6 Å². The van der Waals surface area contributed by atoms with Gasteiger partial charge in [0.1, 0.15) is 5.69 Å². The van der Waals surface area contributed by atoms with Crippen molar-refractivity contribution in [1.82, 2.24) is 15.5 Å². The number of nitrogens with zero attached hydrogens (tertiary/aromatic N) is 1. The van der Waals surface area contributed by atoms with Gasteiger partial charge in [0, 0.05) is 0 Å². The van der Waals surface area contributed by atoms with Gasteiger partial charge in [-0.3, -0.25) is 9.89 Å². The van der Waals surface area contributed by atoms with Crippen LogP contribution in [0.5, 0.6) is 0 Å². The summed E-state index contributed by atoms with van der Waals surface area (Å²) in [7, 11) is 0. The van der Waals surface area contributed by atoms with Crippen molar-refractivity contribution in [3.05, 3.63) is 11.4 Å². The van der Waals surface area contributed by atoms with Crippen molar-refractivity contribution in [3.63, 3.8) is 0 Å². The van der Waals surface area contributed by atoms with Gasteiger partial charge in [-0.25, -0.2) is 0 Å². The number of aryl methyl sites for hydroxylation is 1. The van der Waals surface area contributed by atoms with Gasteiger partial charge in [0.25, 0.3) is 5.91 Å². The number of rotatable bonds is 2. The van der Waals surface area contributed by atoms with Crippen LogP contribution in [0.15, 0.2) is 0 Å². The van der Waals surface area contributed by atoms with E-state index < -0.39 is 0 Å². The minimum Gasteiger partial charge on any atom is -0.362 e. The van der Waals surface area contributed by atoms with Crippen molar-refractivity contribution in [2.24, 2.45) is 0 Å². The summed E-state index contributed by atoms with van der Waals surface area (Å²) in [6.07, 6.45) is 1.89. The van der Waals surface area contributed by atoms with Crippen molar-refractivity contribution >= 4 is 11.6 Å². The van der Waals surface area contributed by atoms with Crippen molar-refractivity contribution in [2.75, 3.05) is 5.32 Å². The molecule has 1 aromatic heterocycles. The van der Waals surface area contributed by atoms with Crippen LogP contribution in [0.2, 0.25) is 0 Å². The predicted molar refractivity (Wildman–Crippen MR) is 53.1 cm³/mol. The number of hydrogen-bond acceptors (Lipinski definition) is 3. The Morgan fingerprint density at radius 1 is 1.43 bits per heavy atom. The summed E-state index contributed by atoms with van der Waals surface area (Å²) in [5.74, 6) is -0.0823. The van der Waals surface area contributed by atoms with Crippen LogP contribution in [0.4, 0.5) is 5.69 Å². The summed E-state index contributed by atoms with van der Waals surface area (Å²) in [5, 5.41) is 12.8. The van der Waals surface area contributed by atoms with Gasteiger partial charge in [-0.15, -0.1) is 0 Å². The lowest BCUT2D eigenvalue weighted by Crippen LogP contribution is -2.42. The molecular formula is C9H14N4O. The van der Waals surface area contributed by atoms with Gasteiger partial charge in [0.05, 0.1) is 17.5 Å². The third-order valence-electron chi connectivity index (χ3n) is 2.26. The Bertz CT molecular complexity index is 358. The molecule has 0 radical (unpaired) electrons. The first kappa shape index (κ1) is 9.05. The smallest absolute Gasteiger partial charge is 0.273 e. The summed E-state index contributed by atoms with van der Waals surface area (Å²) in [5.41, 5.74) is 2.36. The predicted octanol–water partition coefficient (Wildman–Crippen LogP) is 0.863. The lowest BCUT2D eigenvalue weighted by Gasteiger charge is -2.22. The molecular weight excluding hydrogens is 180 g/mol. The van der Waals surface area contributed by atoms with Crippen LogP contribution in [0.25, 0.3) is 0 Å². The zero-order valence-electron chi connectivity index (χ0n) is 8.35. The number of amides is 1. The van der Waals surface area contributed by atoms with Crippen LogP contribution in [-0.4, -0.2) is 22.3 Å². The molecule has 5 nitrogen and oxygen atoms in total. The van der Waals surface area contributed by atoms with E-state index in [9.17, 15) is 4.79 Å². The normalized spacial score (nSPS) is 19.9. The molecule has 1 aliphatic heterocycles. The summed E-state index contributed by atoms with van der Waals surface area (Å²) in [4.78, 5) is 11.5. The lowest BCUT2D eigenvalue weighted by molar-refractivity contribution is 0.0934. The van der Waals surface area contributed by atoms with E-state index in [1.807, 2.05) is 6.92 Å². The molecule has 1 amide bonds. The third-order valence-corrected chi connectivity index (χ3v) is 2.26. The van der Waals surface area contributed by atoms with E-state index in [1.165, 1.54) is 0 Å². The standard InChI is InChI=1S/C9H14N4O/c1-3-4-6-7-8(13-12-6)9(14)11-5(2)10-7/h5,10H,3-4H2,1-2H3,(H,11,14)(H,12,13). The SMILES string of the molecule is CCCc1n[nH]c2c1NC(C)NC2=O. The first-order chi connectivity index (χ1) is 6.72. The largest absolute Gasteiger partial charge is 0.362 e. The quantitative estimate of drug-likeness (QED) is 0.654. The van der Waals surface area contributed by atoms with Gasteiger partial charge >= 0.3 is 0 Å². The van der Waals surface area contributed by atoms with Crippen molar-refractivity contribution in [1.29, 1.82) is 0 Å². The van der Waals surface area contributed by atoms with E-state index in [4.69, 9.17) is 0 Å². The number of aromatic nitrogens is 2. The number of carbonyl (C=O) groups excluding carboxylic acids is 1. The minimum absolute atomic E-state index is 0.0248. The third kappa shape index (κ3) is 1.34. The number of nitrogens with one attached hydrogen (secondary N) is 3. The fourth-order valence-corrected chi connectivity index (χ4v) is 1.64. The highest BCUT2D eigenvalue weighted by Crippen LogP contribution is 2.23. The van der Waals surface area contributed by atoms with Crippen LogP contribution in [0, 0.1) is 0 Å². The first-order valence-electron chi connectivity index (χ1n) is 4.87. The number of carbonyl (C=O) groups is 1. The highest BCUT2D eigenvalue weighted by molar-refractivity contribution is 6.00. The number of H-pyrrole nitrogens is 1. The molecule has 1 aliphatic rings. The Balaban J connectivity index is 2.36.